The van der Waals surface area contributed by atoms with Crippen LogP contribution in [0.15, 0.2) is 54.6 Å². The van der Waals surface area contributed by atoms with Crippen molar-refractivity contribution in [3.63, 3.8) is 0 Å². The lowest BCUT2D eigenvalue weighted by Crippen LogP contribution is -2.33. The summed E-state index contributed by atoms with van der Waals surface area (Å²) in [5, 5.41) is 10.1. The highest BCUT2D eigenvalue weighted by atomic mass is 19.1. The quantitative estimate of drug-likeness (QED) is 0.768. The lowest BCUT2D eigenvalue weighted by atomic mass is 9.83. The smallest absolute Gasteiger partial charge is 0.127 e. The largest absolute Gasteiger partial charge is 0.393 e. The van der Waals surface area contributed by atoms with Gasteiger partial charge < -0.3 is 16.6 Å². The first-order chi connectivity index (χ1) is 10.5. The van der Waals surface area contributed by atoms with E-state index in [1.165, 1.54) is 6.07 Å². The van der Waals surface area contributed by atoms with E-state index < -0.39 is 12.1 Å². The van der Waals surface area contributed by atoms with Gasteiger partial charge in [0, 0.05) is 23.6 Å². The lowest BCUT2D eigenvalue weighted by molar-refractivity contribution is 0.0985. The second-order valence-electron chi connectivity index (χ2n) is 5.70. The first kappa shape index (κ1) is 16.6. The predicted molar refractivity (Wildman–Crippen MR) is 86.5 cm³/mol. The molecule has 0 fully saturated rings. The average Bonchev–Trinajstić information content (AvgIpc) is 2.52. The number of rotatable bonds is 6. The molecule has 4 heteroatoms. The van der Waals surface area contributed by atoms with E-state index >= 15 is 0 Å². The summed E-state index contributed by atoms with van der Waals surface area (Å²) in [7, 11) is 0. The maximum absolute atomic E-state index is 13.8. The van der Waals surface area contributed by atoms with E-state index in [9.17, 15) is 9.50 Å². The number of nitrogens with two attached hydrogens (primary N) is 2. The van der Waals surface area contributed by atoms with E-state index in [1.807, 2.05) is 30.3 Å². The van der Waals surface area contributed by atoms with Crippen LogP contribution in [0.25, 0.3) is 0 Å². The van der Waals surface area contributed by atoms with E-state index in [1.54, 1.807) is 25.1 Å². The molecular formula is C18H23FN2O. The third-order valence-electron chi connectivity index (χ3n) is 4.10. The fourth-order valence-corrected chi connectivity index (χ4v) is 2.76. The van der Waals surface area contributed by atoms with Gasteiger partial charge in [-0.05, 0) is 25.0 Å². The van der Waals surface area contributed by atoms with Gasteiger partial charge in [-0.15, -0.1) is 0 Å². The SMILES string of the molecule is C[C@@H](O)[C@@H](CC(N)c1ccccc1F)C(N)c1ccccc1. The van der Waals surface area contributed by atoms with Gasteiger partial charge in [0.15, 0.2) is 0 Å². The summed E-state index contributed by atoms with van der Waals surface area (Å²) in [6.45, 7) is 1.70. The van der Waals surface area contributed by atoms with Crippen LogP contribution in [0.3, 0.4) is 0 Å². The molecule has 22 heavy (non-hydrogen) atoms. The Morgan fingerprint density at radius 2 is 1.59 bits per heavy atom. The van der Waals surface area contributed by atoms with Crippen molar-refractivity contribution in [1.29, 1.82) is 0 Å². The summed E-state index contributed by atoms with van der Waals surface area (Å²) >= 11 is 0. The van der Waals surface area contributed by atoms with Gasteiger partial charge in [-0.3, -0.25) is 0 Å². The first-order valence-corrected chi connectivity index (χ1v) is 7.49. The zero-order valence-corrected chi connectivity index (χ0v) is 12.7. The van der Waals surface area contributed by atoms with Crippen LogP contribution in [0.5, 0.6) is 0 Å². The van der Waals surface area contributed by atoms with Crippen molar-refractivity contribution >= 4 is 0 Å². The number of aliphatic hydroxyl groups excluding tert-OH is 1. The third-order valence-corrected chi connectivity index (χ3v) is 4.10. The van der Waals surface area contributed by atoms with Gasteiger partial charge in [-0.1, -0.05) is 48.5 Å². The first-order valence-electron chi connectivity index (χ1n) is 7.49. The van der Waals surface area contributed by atoms with Gasteiger partial charge in [0.2, 0.25) is 0 Å². The molecule has 0 spiro atoms. The van der Waals surface area contributed by atoms with Gasteiger partial charge in [-0.2, -0.15) is 0 Å². The van der Waals surface area contributed by atoms with Crippen LogP contribution in [-0.4, -0.2) is 11.2 Å². The average molecular weight is 302 g/mol. The molecule has 0 aliphatic carbocycles. The number of aliphatic hydroxyl groups is 1. The second kappa shape index (κ2) is 7.49. The Bertz CT molecular complexity index is 589. The minimum absolute atomic E-state index is 0.253. The van der Waals surface area contributed by atoms with Crippen LogP contribution in [0.4, 0.5) is 4.39 Å². The van der Waals surface area contributed by atoms with Crippen molar-refractivity contribution in [3.8, 4) is 0 Å². The molecule has 0 aliphatic heterocycles. The highest BCUT2D eigenvalue weighted by Crippen LogP contribution is 2.31. The minimum atomic E-state index is -0.631. The number of halogens is 1. The molecule has 0 saturated carbocycles. The molecule has 2 aromatic rings. The van der Waals surface area contributed by atoms with Crippen molar-refractivity contribution < 1.29 is 9.50 Å². The van der Waals surface area contributed by atoms with Crippen molar-refractivity contribution in [3.05, 3.63) is 71.5 Å². The Labute approximate surface area is 130 Å². The van der Waals surface area contributed by atoms with Crippen molar-refractivity contribution in [2.45, 2.75) is 31.5 Å². The van der Waals surface area contributed by atoms with Crippen molar-refractivity contribution in [2.24, 2.45) is 17.4 Å². The molecule has 0 amide bonds. The summed E-state index contributed by atoms with van der Waals surface area (Å²) in [5.74, 6) is -0.579. The number of hydrogen-bond donors (Lipinski definition) is 3. The van der Waals surface area contributed by atoms with Crippen LogP contribution >= 0.6 is 0 Å². The van der Waals surface area contributed by atoms with E-state index in [-0.39, 0.29) is 17.8 Å². The fraction of sp³-hybridized carbons (Fsp3) is 0.333. The Hall–Kier alpha value is -1.75. The van der Waals surface area contributed by atoms with Crippen LogP contribution in [0.2, 0.25) is 0 Å². The molecule has 5 N–H and O–H groups in total. The number of benzene rings is 2. The maximum Gasteiger partial charge on any atom is 0.127 e. The molecule has 0 saturated heterocycles. The maximum atomic E-state index is 13.8. The van der Waals surface area contributed by atoms with E-state index in [2.05, 4.69) is 0 Å². The molecular weight excluding hydrogens is 279 g/mol. The molecule has 0 aromatic heterocycles. The molecule has 3 nitrogen and oxygen atoms in total. The summed E-state index contributed by atoms with van der Waals surface area (Å²) in [5.41, 5.74) is 13.8. The monoisotopic (exact) mass is 302 g/mol. The Morgan fingerprint density at radius 1 is 1.00 bits per heavy atom. The molecule has 2 unspecified atom stereocenters. The summed E-state index contributed by atoms with van der Waals surface area (Å²) in [6.07, 6.45) is -0.220. The van der Waals surface area contributed by atoms with E-state index in [4.69, 9.17) is 11.5 Å². The van der Waals surface area contributed by atoms with Gasteiger partial charge in [-0.25, -0.2) is 4.39 Å². The number of hydrogen-bond acceptors (Lipinski definition) is 3. The van der Waals surface area contributed by atoms with Crippen LogP contribution in [-0.2, 0) is 0 Å². The molecule has 0 aliphatic rings. The Kier molecular flexibility index (Phi) is 5.66. The fourth-order valence-electron chi connectivity index (χ4n) is 2.76. The van der Waals surface area contributed by atoms with E-state index in [0.717, 1.165) is 5.56 Å². The highest BCUT2D eigenvalue weighted by molar-refractivity contribution is 5.23. The van der Waals surface area contributed by atoms with Crippen LogP contribution in [0.1, 0.15) is 36.6 Å². The van der Waals surface area contributed by atoms with Gasteiger partial charge in [0.05, 0.1) is 6.10 Å². The molecule has 118 valence electrons. The molecule has 2 rings (SSSR count). The third kappa shape index (κ3) is 3.91. The second-order valence-corrected chi connectivity index (χ2v) is 5.70. The van der Waals surface area contributed by atoms with Gasteiger partial charge >= 0.3 is 0 Å². The van der Waals surface area contributed by atoms with Crippen molar-refractivity contribution in [2.75, 3.05) is 0 Å². The van der Waals surface area contributed by atoms with Crippen LogP contribution < -0.4 is 11.5 Å². The topological polar surface area (TPSA) is 72.3 Å². The Balaban J connectivity index is 2.17. The molecule has 4 atom stereocenters. The lowest BCUT2D eigenvalue weighted by Gasteiger charge is -2.29. The zero-order chi connectivity index (χ0) is 16.1. The van der Waals surface area contributed by atoms with Crippen molar-refractivity contribution in [1.82, 2.24) is 0 Å². The predicted octanol–water partition coefficient (Wildman–Crippen LogP) is 2.91. The standard InChI is InChI=1S/C18H23FN2O/c1-12(22)15(18(21)13-7-3-2-4-8-13)11-17(20)14-9-5-6-10-16(14)19/h2-10,12,15,17-18,22H,11,20-21H2,1H3/t12-,15-,17?,18?/m1/s1. The van der Waals surface area contributed by atoms with Gasteiger partial charge in [0.25, 0.3) is 0 Å². The normalized spacial score (nSPS) is 16.8. The summed E-state index contributed by atoms with van der Waals surface area (Å²) in [6, 6.07) is 15.2. The summed E-state index contributed by atoms with van der Waals surface area (Å²) in [4.78, 5) is 0. The summed E-state index contributed by atoms with van der Waals surface area (Å²) < 4.78 is 13.8. The molecule has 0 bridgehead atoms. The zero-order valence-electron chi connectivity index (χ0n) is 12.7. The molecule has 0 radical (unpaired) electrons. The Morgan fingerprint density at radius 3 is 2.18 bits per heavy atom. The molecule has 2 aromatic carbocycles. The highest BCUT2D eigenvalue weighted by Gasteiger charge is 2.27. The van der Waals surface area contributed by atoms with Gasteiger partial charge in [0.1, 0.15) is 5.82 Å². The van der Waals surface area contributed by atoms with Crippen LogP contribution in [0, 0.1) is 11.7 Å². The minimum Gasteiger partial charge on any atom is -0.393 e. The molecule has 0 heterocycles. The van der Waals surface area contributed by atoms with E-state index in [0.29, 0.717) is 12.0 Å².